The van der Waals surface area contributed by atoms with Gasteiger partial charge in [-0.25, -0.2) is 14.8 Å². The molecule has 106 valence electrons. The molecule has 0 spiro atoms. The molecule has 0 saturated heterocycles. The van der Waals surface area contributed by atoms with E-state index in [9.17, 15) is 4.79 Å². The summed E-state index contributed by atoms with van der Waals surface area (Å²) in [6.45, 7) is 0. The van der Waals surface area contributed by atoms with Gasteiger partial charge < -0.3 is 16.4 Å². The van der Waals surface area contributed by atoms with Crippen molar-refractivity contribution < 1.29 is 4.79 Å². The topological polar surface area (TPSA) is 97.9 Å². The van der Waals surface area contributed by atoms with Crippen LogP contribution in [0.4, 0.5) is 22.1 Å². The Labute approximate surface area is 120 Å². The van der Waals surface area contributed by atoms with Crippen molar-refractivity contribution in [3.05, 3.63) is 42.9 Å². The molecule has 2 aromatic heterocycles. The number of fused-ring (bicyclic) bond motifs is 1. The minimum atomic E-state index is -0.187. The number of nitrogen functional groups attached to an aromatic ring is 1. The molecule has 7 heteroatoms. The molecule has 0 aliphatic carbocycles. The fraction of sp³-hybridized carbons (Fsp3) is 0.0714. The van der Waals surface area contributed by atoms with Crippen LogP contribution in [0.5, 0.6) is 0 Å². The first kappa shape index (κ1) is 12.9. The zero-order valence-electron chi connectivity index (χ0n) is 11.4. The SMILES string of the molecule is CNC(=O)n1ccc2ccc(Nc3cc(N)ncn3)cc21. The summed E-state index contributed by atoms with van der Waals surface area (Å²) < 4.78 is 1.55. The van der Waals surface area contributed by atoms with Crippen molar-refractivity contribution in [1.29, 1.82) is 0 Å². The highest BCUT2D eigenvalue weighted by Gasteiger charge is 2.08. The summed E-state index contributed by atoms with van der Waals surface area (Å²) in [5, 5.41) is 6.72. The number of nitrogens with two attached hydrogens (primary N) is 1. The third-order valence-electron chi connectivity index (χ3n) is 3.09. The molecule has 0 saturated carbocycles. The van der Waals surface area contributed by atoms with Gasteiger partial charge in [-0.05, 0) is 18.2 Å². The molecule has 7 nitrogen and oxygen atoms in total. The minimum Gasteiger partial charge on any atom is -0.384 e. The zero-order chi connectivity index (χ0) is 14.8. The largest absolute Gasteiger partial charge is 0.384 e. The van der Waals surface area contributed by atoms with Crippen molar-refractivity contribution in [2.45, 2.75) is 0 Å². The van der Waals surface area contributed by atoms with Crippen LogP contribution < -0.4 is 16.4 Å². The number of rotatable bonds is 2. The lowest BCUT2D eigenvalue weighted by Crippen LogP contribution is -2.23. The van der Waals surface area contributed by atoms with Crippen molar-refractivity contribution in [3.63, 3.8) is 0 Å². The smallest absolute Gasteiger partial charge is 0.325 e. The molecule has 3 rings (SSSR count). The average molecular weight is 282 g/mol. The maximum absolute atomic E-state index is 11.8. The molecule has 0 aliphatic heterocycles. The molecule has 0 bridgehead atoms. The highest BCUT2D eigenvalue weighted by atomic mass is 16.2. The van der Waals surface area contributed by atoms with Gasteiger partial charge in [0.25, 0.3) is 0 Å². The van der Waals surface area contributed by atoms with Gasteiger partial charge in [0.05, 0.1) is 5.52 Å². The van der Waals surface area contributed by atoms with E-state index in [-0.39, 0.29) is 6.03 Å². The Bertz CT molecular complexity index is 810. The van der Waals surface area contributed by atoms with E-state index in [1.54, 1.807) is 23.9 Å². The molecule has 1 amide bonds. The molecule has 0 fully saturated rings. The highest BCUT2D eigenvalue weighted by molar-refractivity contribution is 5.93. The van der Waals surface area contributed by atoms with Crippen molar-refractivity contribution >= 4 is 34.3 Å². The summed E-state index contributed by atoms with van der Waals surface area (Å²) in [5.41, 5.74) is 7.24. The van der Waals surface area contributed by atoms with Crippen LogP contribution in [0.15, 0.2) is 42.9 Å². The monoisotopic (exact) mass is 282 g/mol. The Kier molecular flexibility index (Phi) is 3.15. The van der Waals surface area contributed by atoms with E-state index in [0.717, 1.165) is 16.6 Å². The molecule has 2 heterocycles. The van der Waals surface area contributed by atoms with E-state index >= 15 is 0 Å². The quantitative estimate of drug-likeness (QED) is 0.667. The summed E-state index contributed by atoms with van der Waals surface area (Å²) in [7, 11) is 1.60. The molecule has 0 radical (unpaired) electrons. The molecule has 21 heavy (non-hydrogen) atoms. The standard InChI is InChI=1S/C14H14N6O/c1-16-14(21)20-5-4-9-2-3-10(6-11(9)20)19-13-7-12(15)17-8-18-13/h2-8H,1H3,(H,16,21)(H3,15,17,18,19). The van der Waals surface area contributed by atoms with Crippen LogP contribution in [0.25, 0.3) is 10.9 Å². The van der Waals surface area contributed by atoms with Gasteiger partial charge in [0.15, 0.2) is 0 Å². The van der Waals surface area contributed by atoms with Gasteiger partial charge in [0, 0.05) is 30.4 Å². The van der Waals surface area contributed by atoms with Gasteiger partial charge in [-0.15, -0.1) is 0 Å². The number of aromatic nitrogens is 3. The van der Waals surface area contributed by atoms with Crippen LogP contribution >= 0.6 is 0 Å². The second-order valence-corrected chi connectivity index (χ2v) is 4.47. The molecule has 0 aliphatic rings. The van der Waals surface area contributed by atoms with Gasteiger partial charge in [-0.3, -0.25) is 4.57 Å². The summed E-state index contributed by atoms with van der Waals surface area (Å²) in [4.78, 5) is 19.7. The fourth-order valence-corrected chi connectivity index (χ4v) is 2.09. The third kappa shape index (κ3) is 2.48. The maximum Gasteiger partial charge on any atom is 0.325 e. The van der Waals surface area contributed by atoms with Crippen molar-refractivity contribution in [3.8, 4) is 0 Å². The van der Waals surface area contributed by atoms with Crippen LogP contribution in [0, 0.1) is 0 Å². The summed E-state index contributed by atoms with van der Waals surface area (Å²) in [5.74, 6) is 0.988. The van der Waals surface area contributed by atoms with Crippen molar-refractivity contribution in [2.24, 2.45) is 0 Å². The van der Waals surface area contributed by atoms with Crippen LogP contribution in [-0.4, -0.2) is 27.6 Å². The summed E-state index contributed by atoms with van der Waals surface area (Å²) in [6, 6.07) is 9.06. The predicted octanol–water partition coefficient (Wildman–Crippen LogP) is 1.94. The number of carbonyl (C=O) groups excluding carboxylic acids is 1. The molecular formula is C14H14N6O. The third-order valence-corrected chi connectivity index (χ3v) is 3.09. The summed E-state index contributed by atoms with van der Waals surface area (Å²) >= 11 is 0. The van der Waals surface area contributed by atoms with E-state index in [4.69, 9.17) is 5.73 Å². The first-order chi connectivity index (χ1) is 10.2. The second kappa shape index (κ2) is 5.12. The lowest BCUT2D eigenvalue weighted by Gasteiger charge is -2.07. The van der Waals surface area contributed by atoms with Crippen LogP contribution in [0.2, 0.25) is 0 Å². The first-order valence-corrected chi connectivity index (χ1v) is 6.35. The fourth-order valence-electron chi connectivity index (χ4n) is 2.09. The molecule has 1 aromatic carbocycles. The van der Waals surface area contributed by atoms with Crippen LogP contribution in [0.3, 0.4) is 0 Å². The van der Waals surface area contributed by atoms with Crippen molar-refractivity contribution in [2.75, 3.05) is 18.1 Å². The van der Waals surface area contributed by atoms with E-state index in [0.29, 0.717) is 11.6 Å². The Morgan fingerprint density at radius 2 is 2.10 bits per heavy atom. The molecular weight excluding hydrogens is 268 g/mol. The predicted molar refractivity (Wildman–Crippen MR) is 81.5 cm³/mol. The lowest BCUT2D eigenvalue weighted by atomic mass is 10.2. The lowest BCUT2D eigenvalue weighted by molar-refractivity contribution is 0.245. The first-order valence-electron chi connectivity index (χ1n) is 6.35. The number of anilines is 3. The van der Waals surface area contributed by atoms with E-state index in [1.165, 1.54) is 6.33 Å². The van der Waals surface area contributed by atoms with E-state index in [2.05, 4.69) is 20.6 Å². The van der Waals surface area contributed by atoms with Gasteiger partial charge >= 0.3 is 6.03 Å². The number of carbonyl (C=O) groups is 1. The molecule has 0 unspecified atom stereocenters. The van der Waals surface area contributed by atoms with Gasteiger partial charge in [0.1, 0.15) is 18.0 Å². The molecule has 0 atom stereocenters. The maximum atomic E-state index is 11.8. The summed E-state index contributed by atoms with van der Waals surface area (Å²) in [6.07, 6.45) is 3.12. The number of amides is 1. The van der Waals surface area contributed by atoms with Gasteiger partial charge in [-0.2, -0.15) is 0 Å². The van der Waals surface area contributed by atoms with Gasteiger partial charge in [-0.1, -0.05) is 6.07 Å². The average Bonchev–Trinajstić information content (AvgIpc) is 2.89. The van der Waals surface area contributed by atoms with E-state index < -0.39 is 0 Å². The minimum absolute atomic E-state index is 0.187. The molecule has 4 N–H and O–H groups in total. The Morgan fingerprint density at radius 1 is 1.24 bits per heavy atom. The van der Waals surface area contributed by atoms with Gasteiger partial charge in [0.2, 0.25) is 0 Å². The van der Waals surface area contributed by atoms with Crippen LogP contribution in [-0.2, 0) is 0 Å². The Morgan fingerprint density at radius 3 is 2.86 bits per heavy atom. The molecule has 3 aromatic rings. The number of nitrogens with zero attached hydrogens (tertiary/aromatic N) is 3. The highest BCUT2D eigenvalue weighted by Crippen LogP contribution is 2.22. The Balaban J connectivity index is 1.98. The normalized spacial score (nSPS) is 10.5. The Hall–Kier alpha value is -3.09. The number of benzene rings is 1. The number of hydrogen-bond donors (Lipinski definition) is 3. The number of nitrogens with one attached hydrogen (secondary N) is 2. The zero-order valence-corrected chi connectivity index (χ0v) is 11.4. The number of hydrogen-bond acceptors (Lipinski definition) is 5. The van der Waals surface area contributed by atoms with E-state index in [1.807, 2.05) is 24.3 Å². The van der Waals surface area contributed by atoms with Crippen molar-refractivity contribution in [1.82, 2.24) is 19.9 Å². The second-order valence-electron chi connectivity index (χ2n) is 4.47. The van der Waals surface area contributed by atoms with Crippen LogP contribution in [0.1, 0.15) is 0 Å².